The van der Waals surface area contributed by atoms with Crippen molar-refractivity contribution in [1.82, 2.24) is 10.5 Å². The average molecular weight is 394 g/mol. The number of aryl methyl sites for hydroxylation is 2. The molecule has 152 valence electrons. The molecular formula is C23H26N2O4. The fourth-order valence-corrected chi connectivity index (χ4v) is 3.01. The van der Waals surface area contributed by atoms with Gasteiger partial charge >= 0.3 is 0 Å². The molecule has 0 fully saturated rings. The fraction of sp³-hybridized carbons (Fsp3) is 0.304. The minimum absolute atomic E-state index is 0.0217. The molecule has 0 spiro atoms. The lowest BCUT2D eigenvalue weighted by Gasteiger charge is -2.09. The SMILES string of the molecule is COCc1cccc(CNC(=O)Cc2ccc(OCc3c(C)noc3C)cc2)c1. The Hall–Kier alpha value is -3.12. The van der Waals surface area contributed by atoms with Gasteiger partial charge < -0.3 is 19.3 Å². The average Bonchev–Trinajstić information content (AvgIpc) is 3.04. The van der Waals surface area contributed by atoms with Gasteiger partial charge in [0.25, 0.3) is 0 Å². The summed E-state index contributed by atoms with van der Waals surface area (Å²) in [5, 5.41) is 6.88. The van der Waals surface area contributed by atoms with Crippen molar-refractivity contribution in [3.8, 4) is 5.75 Å². The molecule has 29 heavy (non-hydrogen) atoms. The molecule has 6 nitrogen and oxygen atoms in total. The maximum absolute atomic E-state index is 12.3. The Balaban J connectivity index is 1.47. The molecule has 6 heteroatoms. The topological polar surface area (TPSA) is 73.6 Å². The number of amides is 1. The summed E-state index contributed by atoms with van der Waals surface area (Å²) in [6.45, 7) is 5.23. The smallest absolute Gasteiger partial charge is 0.224 e. The zero-order valence-corrected chi connectivity index (χ0v) is 17.0. The number of carbonyl (C=O) groups is 1. The van der Waals surface area contributed by atoms with Gasteiger partial charge in [-0.3, -0.25) is 4.79 Å². The molecule has 0 saturated heterocycles. The van der Waals surface area contributed by atoms with Crippen LogP contribution in [0.25, 0.3) is 0 Å². The molecule has 1 N–H and O–H groups in total. The number of nitrogens with zero attached hydrogens (tertiary/aromatic N) is 1. The van der Waals surface area contributed by atoms with E-state index in [0.29, 0.717) is 26.2 Å². The lowest BCUT2D eigenvalue weighted by Crippen LogP contribution is -2.24. The van der Waals surface area contributed by atoms with Crippen molar-refractivity contribution in [2.75, 3.05) is 7.11 Å². The molecule has 0 aliphatic carbocycles. The van der Waals surface area contributed by atoms with Crippen LogP contribution in [-0.4, -0.2) is 18.2 Å². The zero-order valence-electron chi connectivity index (χ0n) is 17.0. The number of aromatic nitrogens is 1. The number of ether oxygens (including phenoxy) is 2. The standard InChI is InChI=1S/C23H26N2O4/c1-16-22(17(2)29-25-16)15-28-21-9-7-18(8-10-21)12-23(26)24-13-19-5-4-6-20(11-19)14-27-3/h4-11H,12-15H2,1-3H3,(H,24,26). The van der Waals surface area contributed by atoms with Gasteiger partial charge in [0.2, 0.25) is 5.91 Å². The van der Waals surface area contributed by atoms with Gasteiger partial charge in [-0.1, -0.05) is 41.6 Å². The molecule has 1 aromatic heterocycles. The van der Waals surface area contributed by atoms with Crippen molar-refractivity contribution in [1.29, 1.82) is 0 Å². The predicted molar refractivity (Wildman–Crippen MR) is 109 cm³/mol. The minimum atomic E-state index is -0.0217. The molecule has 0 saturated carbocycles. The van der Waals surface area contributed by atoms with E-state index in [1.165, 1.54) is 0 Å². The van der Waals surface area contributed by atoms with Crippen LogP contribution in [0, 0.1) is 13.8 Å². The summed E-state index contributed by atoms with van der Waals surface area (Å²) in [4.78, 5) is 12.3. The van der Waals surface area contributed by atoms with Crippen molar-refractivity contribution in [3.05, 3.63) is 82.2 Å². The van der Waals surface area contributed by atoms with E-state index < -0.39 is 0 Å². The van der Waals surface area contributed by atoms with Gasteiger partial charge in [-0.25, -0.2) is 0 Å². The Kier molecular flexibility index (Phi) is 7.03. The van der Waals surface area contributed by atoms with Crippen LogP contribution >= 0.6 is 0 Å². The van der Waals surface area contributed by atoms with Crippen molar-refractivity contribution >= 4 is 5.91 Å². The molecule has 0 aliphatic heterocycles. The number of carbonyl (C=O) groups excluding carboxylic acids is 1. The van der Waals surface area contributed by atoms with Gasteiger partial charge in [-0.05, 0) is 42.7 Å². The normalized spacial score (nSPS) is 10.7. The summed E-state index contributed by atoms with van der Waals surface area (Å²) in [6.07, 6.45) is 0.321. The minimum Gasteiger partial charge on any atom is -0.489 e. The van der Waals surface area contributed by atoms with Gasteiger partial charge in [0.05, 0.1) is 24.3 Å². The van der Waals surface area contributed by atoms with E-state index in [-0.39, 0.29) is 5.91 Å². The molecule has 1 heterocycles. The molecular weight excluding hydrogens is 368 g/mol. The van der Waals surface area contributed by atoms with Gasteiger partial charge in [0.15, 0.2) is 0 Å². The highest BCUT2D eigenvalue weighted by Gasteiger charge is 2.10. The first-order chi connectivity index (χ1) is 14.0. The van der Waals surface area contributed by atoms with E-state index in [0.717, 1.165) is 39.5 Å². The Bertz CT molecular complexity index is 928. The van der Waals surface area contributed by atoms with Crippen LogP contribution in [0.5, 0.6) is 5.75 Å². The Morgan fingerprint density at radius 1 is 1.03 bits per heavy atom. The quantitative estimate of drug-likeness (QED) is 0.596. The number of hydrogen-bond donors (Lipinski definition) is 1. The number of hydrogen-bond acceptors (Lipinski definition) is 5. The molecule has 3 aromatic rings. The second-order valence-electron chi connectivity index (χ2n) is 6.94. The highest BCUT2D eigenvalue weighted by Crippen LogP contribution is 2.18. The first-order valence-electron chi connectivity index (χ1n) is 9.52. The van der Waals surface area contributed by atoms with E-state index >= 15 is 0 Å². The van der Waals surface area contributed by atoms with Crippen LogP contribution in [-0.2, 0) is 35.7 Å². The van der Waals surface area contributed by atoms with E-state index in [1.54, 1.807) is 7.11 Å². The summed E-state index contributed by atoms with van der Waals surface area (Å²) in [5.74, 6) is 1.49. The first kappa shape index (κ1) is 20.6. The van der Waals surface area contributed by atoms with E-state index in [1.807, 2.05) is 62.4 Å². The Labute approximate surface area is 170 Å². The van der Waals surface area contributed by atoms with E-state index in [4.69, 9.17) is 14.0 Å². The van der Waals surface area contributed by atoms with Crippen LogP contribution < -0.4 is 10.1 Å². The number of nitrogens with one attached hydrogen (secondary N) is 1. The predicted octanol–water partition coefficient (Wildman–Crippen LogP) is 3.88. The van der Waals surface area contributed by atoms with Crippen molar-refractivity contribution in [2.45, 2.75) is 40.0 Å². The lowest BCUT2D eigenvalue weighted by atomic mass is 10.1. The highest BCUT2D eigenvalue weighted by atomic mass is 16.5. The molecule has 0 unspecified atom stereocenters. The second kappa shape index (κ2) is 9.89. The van der Waals surface area contributed by atoms with Crippen molar-refractivity contribution in [2.24, 2.45) is 0 Å². The molecule has 0 radical (unpaired) electrons. The number of methoxy groups -OCH3 is 1. The highest BCUT2D eigenvalue weighted by molar-refractivity contribution is 5.78. The van der Waals surface area contributed by atoms with Gasteiger partial charge in [-0.2, -0.15) is 0 Å². The summed E-state index contributed by atoms with van der Waals surface area (Å²) in [6, 6.07) is 15.5. The Morgan fingerprint density at radius 3 is 2.48 bits per heavy atom. The maximum atomic E-state index is 12.3. The van der Waals surface area contributed by atoms with Crippen molar-refractivity contribution in [3.63, 3.8) is 0 Å². The number of benzene rings is 2. The van der Waals surface area contributed by atoms with Crippen LogP contribution in [0.15, 0.2) is 53.1 Å². The second-order valence-corrected chi connectivity index (χ2v) is 6.94. The van der Waals surface area contributed by atoms with E-state index in [9.17, 15) is 4.79 Å². The molecule has 1 amide bonds. The third-order valence-electron chi connectivity index (χ3n) is 4.64. The van der Waals surface area contributed by atoms with Crippen molar-refractivity contribution < 1.29 is 18.8 Å². The Morgan fingerprint density at radius 2 is 1.79 bits per heavy atom. The lowest BCUT2D eigenvalue weighted by molar-refractivity contribution is -0.120. The van der Waals surface area contributed by atoms with Crippen LogP contribution in [0.4, 0.5) is 0 Å². The third-order valence-corrected chi connectivity index (χ3v) is 4.64. The van der Waals surface area contributed by atoms with Crippen LogP contribution in [0.3, 0.4) is 0 Å². The largest absolute Gasteiger partial charge is 0.489 e. The fourth-order valence-electron chi connectivity index (χ4n) is 3.01. The van der Waals surface area contributed by atoms with Gasteiger partial charge in [-0.15, -0.1) is 0 Å². The van der Waals surface area contributed by atoms with E-state index in [2.05, 4.69) is 10.5 Å². The van der Waals surface area contributed by atoms with Gasteiger partial charge in [0, 0.05) is 13.7 Å². The molecule has 0 atom stereocenters. The third kappa shape index (κ3) is 5.93. The van der Waals surface area contributed by atoms with Gasteiger partial charge in [0.1, 0.15) is 18.1 Å². The number of rotatable bonds is 9. The van der Waals surface area contributed by atoms with Crippen LogP contribution in [0.2, 0.25) is 0 Å². The monoisotopic (exact) mass is 394 g/mol. The summed E-state index contributed by atoms with van der Waals surface area (Å²) in [7, 11) is 1.67. The summed E-state index contributed by atoms with van der Waals surface area (Å²) < 4.78 is 16.1. The summed E-state index contributed by atoms with van der Waals surface area (Å²) >= 11 is 0. The zero-order chi connectivity index (χ0) is 20.6. The molecule has 3 rings (SSSR count). The maximum Gasteiger partial charge on any atom is 0.224 e. The molecule has 0 bridgehead atoms. The molecule has 2 aromatic carbocycles. The first-order valence-corrected chi connectivity index (χ1v) is 9.52. The van der Waals surface area contributed by atoms with Crippen LogP contribution in [0.1, 0.15) is 33.7 Å². The molecule has 0 aliphatic rings. The summed E-state index contributed by atoms with van der Waals surface area (Å²) in [5.41, 5.74) is 4.87.